The maximum absolute atomic E-state index is 13.1. The van der Waals surface area contributed by atoms with Gasteiger partial charge in [-0.2, -0.15) is 4.31 Å². The molecule has 1 fully saturated rings. The monoisotopic (exact) mass is 523 g/mol. The Kier molecular flexibility index (Phi) is 7.80. The number of methoxy groups -OCH3 is 2. The Balaban J connectivity index is 1.57. The Morgan fingerprint density at radius 1 is 1.05 bits per heavy atom. The third-order valence-electron chi connectivity index (χ3n) is 6.53. The van der Waals surface area contributed by atoms with Gasteiger partial charge in [-0.25, -0.2) is 13.2 Å². The number of sulfonamides is 1. The minimum Gasteiger partial charge on any atom is -0.496 e. The van der Waals surface area contributed by atoms with E-state index in [1.54, 1.807) is 32.4 Å². The standard InChI is InChI=1S/C27H29N3O6S/c1-35-23-9-6-10-24(36-2)26(23)20-13-11-19(12-14-20)17-22(27(31)32)29(18-28)25-15-16-30(25)37(33,34)21-7-4-3-5-8-21/h3-14,18,22,25,28H,15-17H2,1-2H3,(H,31,32)/t22-,25?/m0/s1. The summed E-state index contributed by atoms with van der Waals surface area (Å²) in [5.74, 6) is 0.160. The lowest BCUT2D eigenvalue weighted by atomic mass is 9.98. The van der Waals surface area contributed by atoms with Crippen LogP contribution >= 0.6 is 0 Å². The van der Waals surface area contributed by atoms with Crippen LogP contribution in [0.3, 0.4) is 0 Å². The predicted octanol–water partition coefficient (Wildman–Crippen LogP) is 3.70. The maximum atomic E-state index is 13.1. The molecule has 0 saturated carbocycles. The SMILES string of the molecule is COc1cccc(OC)c1-c1ccc(C[C@@H](C(=O)O)N(C=N)C2CCN2S(=O)(=O)c2ccccc2)cc1. The molecule has 1 heterocycles. The molecule has 2 N–H and O–H groups in total. The van der Waals surface area contributed by atoms with Gasteiger partial charge in [0, 0.05) is 13.0 Å². The normalized spacial score (nSPS) is 16.3. The molecule has 2 atom stereocenters. The van der Waals surface area contributed by atoms with Crippen LogP contribution < -0.4 is 9.47 Å². The number of nitrogens with one attached hydrogen (secondary N) is 1. The largest absolute Gasteiger partial charge is 0.496 e. The highest BCUT2D eigenvalue weighted by atomic mass is 32.2. The van der Waals surface area contributed by atoms with E-state index >= 15 is 0 Å². The summed E-state index contributed by atoms with van der Waals surface area (Å²) in [4.78, 5) is 13.7. The molecule has 0 aliphatic carbocycles. The molecule has 194 valence electrons. The van der Waals surface area contributed by atoms with Gasteiger partial charge in [-0.05, 0) is 41.8 Å². The molecule has 0 spiro atoms. The van der Waals surface area contributed by atoms with Gasteiger partial charge < -0.3 is 19.5 Å². The van der Waals surface area contributed by atoms with Crippen LogP contribution in [0.2, 0.25) is 0 Å². The third kappa shape index (κ3) is 5.16. The van der Waals surface area contributed by atoms with Crippen molar-refractivity contribution in [1.82, 2.24) is 9.21 Å². The van der Waals surface area contributed by atoms with Gasteiger partial charge in [-0.15, -0.1) is 0 Å². The van der Waals surface area contributed by atoms with Gasteiger partial charge in [0.05, 0.1) is 37.2 Å². The van der Waals surface area contributed by atoms with Crippen LogP contribution in [0.5, 0.6) is 11.5 Å². The van der Waals surface area contributed by atoms with Gasteiger partial charge in [0.1, 0.15) is 17.5 Å². The lowest BCUT2D eigenvalue weighted by molar-refractivity contribution is -0.144. The molecule has 0 bridgehead atoms. The van der Waals surface area contributed by atoms with E-state index < -0.39 is 28.2 Å². The molecule has 3 aromatic rings. The lowest BCUT2D eigenvalue weighted by Gasteiger charge is -2.47. The highest BCUT2D eigenvalue weighted by molar-refractivity contribution is 7.89. The molecule has 1 aliphatic rings. The number of hydrogen-bond acceptors (Lipinski definition) is 6. The second-order valence-electron chi connectivity index (χ2n) is 8.57. The van der Waals surface area contributed by atoms with Gasteiger partial charge in [0.15, 0.2) is 0 Å². The van der Waals surface area contributed by atoms with Gasteiger partial charge in [0.2, 0.25) is 10.0 Å². The molecular weight excluding hydrogens is 494 g/mol. The molecule has 9 nitrogen and oxygen atoms in total. The summed E-state index contributed by atoms with van der Waals surface area (Å²) in [6, 6.07) is 19.8. The van der Waals surface area contributed by atoms with Gasteiger partial charge in [-0.1, -0.05) is 48.5 Å². The predicted molar refractivity (Wildman–Crippen MR) is 139 cm³/mol. The minimum atomic E-state index is -3.82. The van der Waals surface area contributed by atoms with Crippen molar-refractivity contribution >= 4 is 22.3 Å². The number of rotatable bonds is 11. The third-order valence-corrected chi connectivity index (χ3v) is 8.44. The van der Waals surface area contributed by atoms with Crippen LogP contribution in [0.15, 0.2) is 77.7 Å². The highest BCUT2D eigenvalue weighted by Crippen LogP contribution is 2.38. The number of carboxylic acid groups (broad SMARTS) is 1. The molecule has 1 aliphatic heterocycles. The fourth-order valence-corrected chi connectivity index (χ4v) is 6.18. The second-order valence-corrected chi connectivity index (χ2v) is 10.5. The van der Waals surface area contributed by atoms with Crippen LogP contribution in [-0.4, -0.2) is 68.0 Å². The zero-order chi connectivity index (χ0) is 26.6. The molecule has 1 unspecified atom stereocenters. The van der Waals surface area contributed by atoms with E-state index in [0.29, 0.717) is 17.9 Å². The van der Waals surface area contributed by atoms with Crippen molar-refractivity contribution in [3.8, 4) is 22.6 Å². The molecular formula is C27H29N3O6S. The van der Waals surface area contributed by atoms with Crippen molar-refractivity contribution in [2.24, 2.45) is 0 Å². The maximum Gasteiger partial charge on any atom is 0.326 e. The van der Waals surface area contributed by atoms with E-state index in [9.17, 15) is 18.3 Å². The van der Waals surface area contributed by atoms with E-state index in [-0.39, 0.29) is 17.9 Å². The van der Waals surface area contributed by atoms with E-state index in [1.165, 1.54) is 21.3 Å². The highest BCUT2D eigenvalue weighted by Gasteiger charge is 2.44. The summed E-state index contributed by atoms with van der Waals surface area (Å²) >= 11 is 0. The van der Waals surface area contributed by atoms with Crippen molar-refractivity contribution in [2.45, 2.75) is 29.9 Å². The van der Waals surface area contributed by atoms with E-state index in [1.807, 2.05) is 42.5 Å². The molecule has 3 aromatic carbocycles. The number of carboxylic acids is 1. The second kappa shape index (κ2) is 11.0. The quantitative estimate of drug-likeness (QED) is 0.290. The topological polar surface area (TPSA) is 120 Å². The number of nitrogens with zero attached hydrogens (tertiary/aromatic N) is 2. The molecule has 4 rings (SSSR count). The zero-order valence-corrected chi connectivity index (χ0v) is 21.4. The van der Waals surface area contributed by atoms with E-state index in [0.717, 1.165) is 23.0 Å². The average Bonchev–Trinajstić information content (AvgIpc) is 2.89. The van der Waals surface area contributed by atoms with E-state index in [2.05, 4.69) is 0 Å². The first-order chi connectivity index (χ1) is 17.8. The van der Waals surface area contributed by atoms with Crippen LogP contribution in [0.1, 0.15) is 12.0 Å². The first-order valence-corrected chi connectivity index (χ1v) is 13.1. The lowest BCUT2D eigenvalue weighted by Crippen LogP contribution is -2.63. The minimum absolute atomic E-state index is 0.0871. The Bertz CT molecular complexity index is 1340. The number of hydrogen-bond donors (Lipinski definition) is 2. The fourth-order valence-electron chi connectivity index (χ4n) is 4.53. The van der Waals surface area contributed by atoms with Crippen molar-refractivity contribution in [2.75, 3.05) is 20.8 Å². The smallest absolute Gasteiger partial charge is 0.326 e. The van der Waals surface area contributed by atoms with Crippen molar-refractivity contribution in [3.05, 3.63) is 78.4 Å². The number of benzene rings is 3. The summed E-state index contributed by atoms with van der Waals surface area (Å²) in [5, 5.41) is 18.0. The fraction of sp³-hybridized carbons (Fsp3) is 0.259. The summed E-state index contributed by atoms with van der Waals surface area (Å²) < 4.78 is 38.5. The van der Waals surface area contributed by atoms with Crippen LogP contribution in [0.4, 0.5) is 0 Å². The molecule has 0 amide bonds. The Labute approximate surface area is 216 Å². The van der Waals surface area contributed by atoms with Crippen LogP contribution in [0.25, 0.3) is 11.1 Å². The van der Waals surface area contributed by atoms with Gasteiger partial charge in [0.25, 0.3) is 0 Å². The Morgan fingerprint density at radius 2 is 1.68 bits per heavy atom. The van der Waals surface area contributed by atoms with Crippen molar-refractivity contribution in [1.29, 1.82) is 5.41 Å². The first kappa shape index (κ1) is 26.2. The van der Waals surface area contributed by atoms with Crippen molar-refractivity contribution in [3.63, 3.8) is 0 Å². The van der Waals surface area contributed by atoms with Crippen LogP contribution in [0, 0.1) is 5.41 Å². The molecule has 1 saturated heterocycles. The number of carbonyl (C=O) groups is 1. The van der Waals surface area contributed by atoms with Crippen LogP contribution in [-0.2, 0) is 21.2 Å². The molecule has 0 radical (unpaired) electrons. The van der Waals surface area contributed by atoms with Gasteiger partial charge >= 0.3 is 5.97 Å². The summed E-state index contributed by atoms with van der Waals surface area (Å²) in [6.45, 7) is 0.258. The number of ether oxygens (including phenoxy) is 2. The van der Waals surface area contributed by atoms with E-state index in [4.69, 9.17) is 14.9 Å². The van der Waals surface area contributed by atoms with Gasteiger partial charge in [-0.3, -0.25) is 5.41 Å². The first-order valence-electron chi connectivity index (χ1n) is 11.7. The molecule has 10 heteroatoms. The number of aliphatic carboxylic acids is 1. The van der Waals surface area contributed by atoms with Crippen molar-refractivity contribution < 1.29 is 27.8 Å². The average molecular weight is 524 g/mol. The zero-order valence-electron chi connectivity index (χ0n) is 20.6. The summed E-state index contributed by atoms with van der Waals surface area (Å²) in [6.07, 6.45) is 0.687. The summed E-state index contributed by atoms with van der Waals surface area (Å²) in [7, 11) is -0.654. The Hall–Kier alpha value is -3.89. The Morgan fingerprint density at radius 3 is 2.16 bits per heavy atom. The summed E-state index contributed by atoms with van der Waals surface area (Å²) in [5.41, 5.74) is 2.35. The molecule has 0 aromatic heterocycles. The molecule has 37 heavy (non-hydrogen) atoms.